The van der Waals surface area contributed by atoms with Crippen molar-refractivity contribution in [2.24, 2.45) is 0 Å². The van der Waals surface area contributed by atoms with Gasteiger partial charge >= 0.3 is 12.0 Å². The third-order valence-electron chi connectivity index (χ3n) is 5.07. The van der Waals surface area contributed by atoms with Gasteiger partial charge in [0, 0.05) is 12.1 Å². The summed E-state index contributed by atoms with van der Waals surface area (Å²) in [5, 5.41) is 6.22. The number of halogens is 1. The summed E-state index contributed by atoms with van der Waals surface area (Å²) in [7, 11) is 0. The van der Waals surface area contributed by atoms with E-state index < -0.39 is 5.82 Å². The molecule has 2 aliphatic rings. The molecule has 6 nitrogen and oxygen atoms in total. The number of nitrogens with one attached hydrogen (secondary N) is 2. The zero-order valence-electron chi connectivity index (χ0n) is 14.5. The summed E-state index contributed by atoms with van der Waals surface area (Å²) < 4.78 is 18.5. The van der Waals surface area contributed by atoms with Gasteiger partial charge in [-0.05, 0) is 38.5 Å². The molecule has 1 aromatic heterocycles. The SMILES string of the molecule is O=C(NC1CCCCCC1)NC1CCC(Oc2ncc(F)cn2)CC1. The molecule has 1 heterocycles. The fraction of sp³-hybridized carbons (Fsp3) is 0.722. The van der Waals surface area contributed by atoms with Gasteiger partial charge in [-0.15, -0.1) is 0 Å². The van der Waals surface area contributed by atoms with Crippen LogP contribution in [0, 0.1) is 5.82 Å². The smallest absolute Gasteiger partial charge is 0.316 e. The van der Waals surface area contributed by atoms with Crippen LogP contribution >= 0.6 is 0 Å². The number of nitrogens with zero attached hydrogens (tertiary/aromatic N) is 2. The van der Waals surface area contributed by atoms with Crippen LogP contribution in [0.1, 0.15) is 64.2 Å². The van der Waals surface area contributed by atoms with E-state index in [4.69, 9.17) is 4.74 Å². The second kappa shape index (κ2) is 8.97. The molecule has 0 aliphatic heterocycles. The third kappa shape index (κ3) is 5.83. The van der Waals surface area contributed by atoms with E-state index in [2.05, 4.69) is 20.6 Å². The molecule has 0 spiro atoms. The lowest BCUT2D eigenvalue weighted by atomic mass is 9.93. The van der Waals surface area contributed by atoms with Crippen LogP contribution in [0.25, 0.3) is 0 Å². The van der Waals surface area contributed by atoms with Crippen molar-refractivity contribution >= 4 is 6.03 Å². The van der Waals surface area contributed by atoms with Crippen LogP contribution in [0.5, 0.6) is 6.01 Å². The Balaban J connectivity index is 1.37. The second-order valence-electron chi connectivity index (χ2n) is 7.08. The van der Waals surface area contributed by atoms with Crippen molar-refractivity contribution in [1.29, 1.82) is 0 Å². The number of hydrogen-bond donors (Lipinski definition) is 2. The minimum atomic E-state index is -0.472. The Morgan fingerprint density at radius 3 is 2.08 bits per heavy atom. The van der Waals surface area contributed by atoms with Crippen LogP contribution in [0.3, 0.4) is 0 Å². The largest absolute Gasteiger partial charge is 0.460 e. The monoisotopic (exact) mass is 350 g/mol. The standard InChI is InChI=1S/C18H27FN4O2/c19-13-11-20-18(21-12-13)25-16-9-7-15(8-10-16)23-17(24)22-14-5-3-1-2-4-6-14/h11-12,14-16H,1-10H2,(H2,22,23,24). The van der Waals surface area contributed by atoms with Crippen LogP contribution < -0.4 is 15.4 Å². The maximum atomic E-state index is 12.8. The molecular formula is C18H27FN4O2. The average molecular weight is 350 g/mol. The molecule has 0 atom stereocenters. The molecule has 0 aromatic carbocycles. The van der Waals surface area contributed by atoms with Gasteiger partial charge in [0.15, 0.2) is 5.82 Å². The highest BCUT2D eigenvalue weighted by Crippen LogP contribution is 2.22. The summed E-state index contributed by atoms with van der Waals surface area (Å²) in [5.74, 6) is -0.472. The molecule has 3 rings (SSSR count). The van der Waals surface area contributed by atoms with Crippen LogP contribution in [0.15, 0.2) is 12.4 Å². The van der Waals surface area contributed by atoms with Crippen LogP contribution in [0.4, 0.5) is 9.18 Å². The summed E-state index contributed by atoms with van der Waals surface area (Å²) in [4.78, 5) is 19.8. The molecule has 138 valence electrons. The minimum absolute atomic E-state index is 0.0217. The molecule has 0 radical (unpaired) electrons. The third-order valence-corrected chi connectivity index (χ3v) is 5.07. The Bertz CT molecular complexity index is 539. The Morgan fingerprint density at radius 1 is 0.920 bits per heavy atom. The van der Waals surface area contributed by atoms with E-state index in [1.54, 1.807) is 0 Å². The van der Waals surface area contributed by atoms with Crippen LogP contribution in [-0.4, -0.2) is 34.2 Å². The number of aromatic nitrogens is 2. The van der Waals surface area contributed by atoms with Crippen molar-refractivity contribution < 1.29 is 13.9 Å². The van der Waals surface area contributed by atoms with Crippen molar-refractivity contribution in [3.8, 4) is 6.01 Å². The number of hydrogen-bond acceptors (Lipinski definition) is 4. The number of ether oxygens (including phenoxy) is 1. The number of urea groups is 1. The van der Waals surface area contributed by atoms with E-state index in [0.29, 0.717) is 6.04 Å². The number of amides is 2. The van der Waals surface area contributed by atoms with Gasteiger partial charge in [-0.2, -0.15) is 0 Å². The van der Waals surface area contributed by atoms with Gasteiger partial charge in [0.1, 0.15) is 6.10 Å². The van der Waals surface area contributed by atoms with Gasteiger partial charge in [-0.3, -0.25) is 0 Å². The molecule has 2 amide bonds. The highest BCUT2D eigenvalue weighted by atomic mass is 19.1. The first-order valence-corrected chi connectivity index (χ1v) is 9.40. The molecule has 1 aromatic rings. The topological polar surface area (TPSA) is 76.1 Å². The first kappa shape index (κ1) is 17.9. The predicted octanol–water partition coefficient (Wildman–Crippen LogP) is 3.33. The van der Waals surface area contributed by atoms with E-state index >= 15 is 0 Å². The second-order valence-corrected chi connectivity index (χ2v) is 7.08. The van der Waals surface area contributed by atoms with Crippen molar-refractivity contribution in [2.75, 3.05) is 0 Å². The lowest BCUT2D eigenvalue weighted by molar-refractivity contribution is 0.128. The van der Waals surface area contributed by atoms with Crippen molar-refractivity contribution in [3.63, 3.8) is 0 Å². The molecule has 2 saturated carbocycles. The van der Waals surface area contributed by atoms with E-state index in [9.17, 15) is 9.18 Å². The molecule has 25 heavy (non-hydrogen) atoms. The maximum Gasteiger partial charge on any atom is 0.316 e. The Kier molecular flexibility index (Phi) is 6.42. The van der Waals surface area contributed by atoms with Crippen molar-refractivity contribution in [2.45, 2.75) is 82.4 Å². The summed E-state index contributed by atoms with van der Waals surface area (Å²) in [5.41, 5.74) is 0. The average Bonchev–Trinajstić information content (AvgIpc) is 2.87. The van der Waals surface area contributed by atoms with Gasteiger partial charge in [0.25, 0.3) is 0 Å². The van der Waals surface area contributed by atoms with E-state index in [0.717, 1.165) is 50.9 Å². The molecule has 0 unspecified atom stereocenters. The molecular weight excluding hydrogens is 323 g/mol. The molecule has 0 bridgehead atoms. The lowest BCUT2D eigenvalue weighted by Crippen LogP contribution is -2.47. The first-order chi connectivity index (χ1) is 12.2. The number of carbonyl (C=O) groups excluding carboxylic acids is 1. The molecule has 2 fully saturated rings. The lowest BCUT2D eigenvalue weighted by Gasteiger charge is -2.29. The fourth-order valence-electron chi connectivity index (χ4n) is 3.67. The van der Waals surface area contributed by atoms with Gasteiger partial charge in [0.2, 0.25) is 0 Å². The molecule has 0 saturated heterocycles. The number of rotatable bonds is 4. The Labute approximate surface area is 148 Å². The quantitative estimate of drug-likeness (QED) is 0.817. The summed E-state index contributed by atoms with van der Waals surface area (Å²) in [6, 6.07) is 0.666. The molecule has 2 aliphatic carbocycles. The zero-order chi connectivity index (χ0) is 17.5. The first-order valence-electron chi connectivity index (χ1n) is 9.40. The Hall–Kier alpha value is -1.92. The van der Waals surface area contributed by atoms with E-state index in [1.165, 1.54) is 25.7 Å². The normalized spacial score (nSPS) is 25.0. The van der Waals surface area contributed by atoms with Crippen LogP contribution in [0.2, 0.25) is 0 Å². The highest BCUT2D eigenvalue weighted by molar-refractivity contribution is 5.74. The fourth-order valence-corrected chi connectivity index (χ4v) is 3.67. The summed E-state index contributed by atoms with van der Waals surface area (Å²) >= 11 is 0. The zero-order valence-corrected chi connectivity index (χ0v) is 14.5. The predicted molar refractivity (Wildman–Crippen MR) is 91.8 cm³/mol. The maximum absolute atomic E-state index is 12.8. The van der Waals surface area contributed by atoms with Gasteiger partial charge in [-0.1, -0.05) is 25.7 Å². The highest BCUT2D eigenvalue weighted by Gasteiger charge is 2.25. The van der Waals surface area contributed by atoms with Crippen molar-refractivity contribution in [3.05, 3.63) is 18.2 Å². The van der Waals surface area contributed by atoms with Crippen LogP contribution in [-0.2, 0) is 0 Å². The summed E-state index contributed by atoms with van der Waals surface area (Å²) in [6.07, 6.45) is 12.8. The van der Waals surface area contributed by atoms with Gasteiger partial charge < -0.3 is 15.4 Å². The molecule has 2 N–H and O–H groups in total. The molecule has 7 heteroatoms. The van der Waals surface area contributed by atoms with Gasteiger partial charge in [0.05, 0.1) is 12.4 Å². The van der Waals surface area contributed by atoms with E-state index in [1.807, 2.05) is 0 Å². The van der Waals surface area contributed by atoms with Crippen molar-refractivity contribution in [1.82, 2.24) is 20.6 Å². The Morgan fingerprint density at radius 2 is 1.48 bits per heavy atom. The van der Waals surface area contributed by atoms with Gasteiger partial charge in [-0.25, -0.2) is 19.2 Å². The number of carbonyl (C=O) groups is 1. The minimum Gasteiger partial charge on any atom is -0.460 e. The summed E-state index contributed by atoms with van der Waals surface area (Å²) in [6.45, 7) is 0. The van der Waals surface area contributed by atoms with E-state index in [-0.39, 0.29) is 24.2 Å².